The monoisotopic (exact) mass is 250 g/mol. The van der Waals surface area contributed by atoms with Crippen LogP contribution in [-0.2, 0) is 0 Å². The summed E-state index contributed by atoms with van der Waals surface area (Å²) in [7, 11) is 0. The van der Waals surface area contributed by atoms with Gasteiger partial charge in [-0.25, -0.2) is 4.98 Å². The number of piperidine rings is 1. The first-order valence-corrected chi connectivity index (χ1v) is 6.58. The zero-order chi connectivity index (χ0) is 13.2. The van der Waals surface area contributed by atoms with Crippen molar-refractivity contribution in [1.29, 1.82) is 0 Å². The molecule has 0 spiro atoms. The van der Waals surface area contributed by atoms with E-state index in [-0.39, 0.29) is 17.1 Å². The van der Waals surface area contributed by atoms with Crippen LogP contribution in [0.2, 0.25) is 0 Å². The first kappa shape index (κ1) is 13.1. The van der Waals surface area contributed by atoms with Crippen LogP contribution in [0.3, 0.4) is 0 Å². The Labute approximate surface area is 108 Å². The molecule has 5 heteroatoms. The van der Waals surface area contributed by atoms with Gasteiger partial charge < -0.3 is 15.2 Å². The Morgan fingerprint density at radius 3 is 2.72 bits per heavy atom. The third-order valence-electron chi connectivity index (χ3n) is 3.55. The third kappa shape index (κ3) is 2.72. The number of nitrogens with one attached hydrogen (secondary N) is 2. The molecule has 0 aliphatic carbocycles. The van der Waals surface area contributed by atoms with E-state index in [0.29, 0.717) is 5.82 Å². The van der Waals surface area contributed by atoms with Crippen LogP contribution in [0, 0.1) is 0 Å². The Kier molecular flexibility index (Phi) is 3.71. The van der Waals surface area contributed by atoms with Gasteiger partial charge in [-0.1, -0.05) is 0 Å². The second kappa shape index (κ2) is 5.10. The van der Waals surface area contributed by atoms with E-state index >= 15 is 0 Å². The van der Waals surface area contributed by atoms with E-state index in [1.165, 1.54) is 0 Å². The molecular formula is C13H22N4O. The molecule has 18 heavy (non-hydrogen) atoms. The SMILES string of the molecule is CC(C)n1ccnc(NC2(C)CCNCC2)c1=O. The van der Waals surface area contributed by atoms with Crippen LogP contribution in [-0.4, -0.2) is 28.2 Å². The van der Waals surface area contributed by atoms with E-state index in [2.05, 4.69) is 22.5 Å². The summed E-state index contributed by atoms with van der Waals surface area (Å²) in [4.78, 5) is 16.4. The predicted molar refractivity (Wildman–Crippen MR) is 73.0 cm³/mol. The van der Waals surface area contributed by atoms with Gasteiger partial charge in [-0.15, -0.1) is 0 Å². The van der Waals surface area contributed by atoms with Gasteiger partial charge in [-0.05, 0) is 46.7 Å². The van der Waals surface area contributed by atoms with Crippen LogP contribution in [0.25, 0.3) is 0 Å². The van der Waals surface area contributed by atoms with Gasteiger partial charge in [0.1, 0.15) is 0 Å². The smallest absolute Gasteiger partial charge is 0.293 e. The number of hydrogen-bond donors (Lipinski definition) is 2. The highest BCUT2D eigenvalue weighted by molar-refractivity contribution is 5.35. The lowest BCUT2D eigenvalue weighted by Gasteiger charge is -2.35. The molecule has 1 aliphatic rings. The van der Waals surface area contributed by atoms with Crippen LogP contribution < -0.4 is 16.2 Å². The second-order valence-corrected chi connectivity index (χ2v) is 5.52. The molecule has 2 heterocycles. The zero-order valence-electron chi connectivity index (χ0n) is 11.4. The largest absolute Gasteiger partial charge is 0.360 e. The van der Waals surface area contributed by atoms with Gasteiger partial charge in [-0.3, -0.25) is 4.79 Å². The minimum Gasteiger partial charge on any atom is -0.360 e. The molecule has 0 saturated carbocycles. The summed E-state index contributed by atoms with van der Waals surface area (Å²) in [5.41, 5.74) is -0.0691. The highest BCUT2D eigenvalue weighted by Gasteiger charge is 2.27. The van der Waals surface area contributed by atoms with Crippen molar-refractivity contribution < 1.29 is 0 Å². The average Bonchev–Trinajstić information content (AvgIpc) is 2.32. The molecule has 0 atom stereocenters. The quantitative estimate of drug-likeness (QED) is 0.851. The van der Waals surface area contributed by atoms with Gasteiger partial charge in [0, 0.05) is 24.0 Å². The predicted octanol–water partition coefficient (Wildman–Crippen LogP) is 1.38. The summed E-state index contributed by atoms with van der Waals surface area (Å²) in [6, 6.07) is 0.155. The maximum Gasteiger partial charge on any atom is 0.293 e. The maximum atomic E-state index is 12.2. The van der Waals surface area contributed by atoms with Gasteiger partial charge in [0.2, 0.25) is 0 Å². The summed E-state index contributed by atoms with van der Waals surface area (Å²) in [6.07, 6.45) is 5.44. The highest BCUT2D eigenvalue weighted by Crippen LogP contribution is 2.21. The standard InChI is InChI=1S/C13H22N4O/c1-10(2)17-9-8-15-11(12(17)18)16-13(3)4-6-14-7-5-13/h8-10,14H,4-7H2,1-3H3,(H,15,16). The Morgan fingerprint density at radius 2 is 2.11 bits per heavy atom. The van der Waals surface area contributed by atoms with Crippen molar-refractivity contribution in [1.82, 2.24) is 14.9 Å². The maximum absolute atomic E-state index is 12.2. The Bertz CT molecular complexity index is 460. The summed E-state index contributed by atoms with van der Waals surface area (Å²) in [5.74, 6) is 0.468. The van der Waals surface area contributed by atoms with Crippen molar-refractivity contribution in [3.63, 3.8) is 0 Å². The molecule has 0 aromatic carbocycles. The molecule has 1 aromatic rings. The van der Waals surface area contributed by atoms with Gasteiger partial charge in [0.05, 0.1) is 0 Å². The van der Waals surface area contributed by atoms with Gasteiger partial charge in [0.15, 0.2) is 5.82 Å². The van der Waals surface area contributed by atoms with E-state index in [0.717, 1.165) is 25.9 Å². The summed E-state index contributed by atoms with van der Waals surface area (Å²) >= 11 is 0. The van der Waals surface area contributed by atoms with Crippen molar-refractivity contribution in [2.24, 2.45) is 0 Å². The van der Waals surface area contributed by atoms with Crippen molar-refractivity contribution in [3.8, 4) is 0 Å². The number of anilines is 1. The van der Waals surface area contributed by atoms with Crippen LogP contribution in [0.15, 0.2) is 17.2 Å². The van der Waals surface area contributed by atoms with E-state index in [1.54, 1.807) is 17.0 Å². The molecule has 1 saturated heterocycles. The fourth-order valence-corrected chi connectivity index (χ4v) is 2.31. The minimum atomic E-state index is -0.0349. The number of rotatable bonds is 3. The van der Waals surface area contributed by atoms with Crippen LogP contribution >= 0.6 is 0 Å². The molecule has 1 aliphatic heterocycles. The lowest BCUT2D eigenvalue weighted by molar-refractivity contribution is 0.363. The van der Waals surface area contributed by atoms with Crippen LogP contribution in [0.1, 0.15) is 39.7 Å². The molecular weight excluding hydrogens is 228 g/mol. The number of nitrogens with zero attached hydrogens (tertiary/aromatic N) is 2. The normalized spacial score (nSPS) is 18.9. The highest BCUT2D eigenvalue weighted by atomic mass is 16.1. The fourth-order valence-electron chi connectivity index (χ4n) is 2.31. The minimum absolute atomic E-state index is 0.0342. The molecule has 5 nitrogen and oxygen atoms in total. The summed E-state index contributed by atoms with van der Waals surface area (Å²) < 4.78 is 1.71. The van der Waals surface area contributed by atoms with Crippen molar-refractivity contribution in [2.45, 2.75) is 45.2 Å². The fraction of sp³-hybridized carbons (Fsp3) is 0.692. The van der Waals surface area contributed by atoms with E-state index in [4.69, 9.17) is 0 Å². The van der Waals surface area contributed by atoms with Gasteiger partial charge in [-0.2, -0.15) is 0 Å². The second-order valence-electron chi connectivity index (χ2n) is 5.52. The first-order chi connectivity index (χ1) is 8.52. The molecule has 0 bridgehead atoms. The first-order valence-electron chi connectivity index (χ1n) is 6.58. The van der Waals surface area contributed by atoms with Crippen molar-refractivity contribution in [2.75, 3.05) is 18.4 Å². The van der Waals surface area contributed by atoms with E-state index in [9.17, 15) is 4.79 Å². The topological polar surface area (TPSA) is 59.0 Å². The Balaban J connectivity index is 2.24. The molecule has 0 unspecified atom stereocenters. The molecule has 1 aromatic heterocycles. The van der Waals surface area contributed by atoms with Crippen LogP contribution in [0.5, 0.6) is 0 Å². The van der Waals surface area contributed by atoms with Crippen molar-refractivity contribution >= 4 is 5.82 Å². The zero-order valence-corrected chi connectivity index (χ0v) is 11.4. The lowest BCUT2D eigenvalue weighted by atomic mass is 9.91. The molecule has 2 rings (SSSR count). The molecule has 2 N–H and O–H groups in total. The Morgan fingerprint density at radius 1 is 1.44 bits per heavy atom. The molecule has 100 valence electrons. The Hall–Kier alpha value is -1.36. The van der Waals surface area contributed by atoms with E-state index in [1.807, 2.05) is 13.8 Å². The molecule has 1 fully saturated rings. The van der Waals surface area contributed by atoms with Crippen LogP contribution in [0.4, 0.5) is 5.82 Å². The lowest BCUT2D eigenvalue weighted by Crippen LogP contribution is -2.46. The molecule has 0 amide bonds. The average molecular weight is 250 g/mol. The summed E-state index contributed by atoms with van der Waals surface area (Å²) in [5, 5.41) is 6.66. The van der Waals surface area contributed by atoms with Gasteiger partial charge >= 0.3 is 0 Å². The van der Waals surface area contributed by atoms with Crippen molar-refractivity contribution in [3.05, 3.63) is 22.7 Å². The number of hydrogen-bond acceptors (Lipinski definition) is 4. The van der Waals surface area contributed by atoms with Gasteiger partial charge in [0.25, 0.3) is 5.56 Å². The number of aromatic nitrogens is 2. The van der Waals surface area contributed by atoms with E-state index < -0.39 is 0 Å². The third-order valence-corrected chi connectivity index (χ3v) is 3.55. The summed E-state index contributed by atoms with van der Waals surface area (Å²) in [6.45, 7) is 8.11. The molecule has 0 radical (unpaired) electrons.